The van der Waals surface area contributed by atoms with Crippen molar-refractivity contribution < 1.29 is 14.4 Å². The number of rotatable bonds is 6. The molecule has 1 fully saturated rings. The van der Waals surface area contributed by atoms with Crippen LogP contribution in [-0.4, -0.2) is 40.2 Å². The predicted octanol–water partition coefficient (Wildman–Crippen LogP) is 3.32. The van der Waals surface area contributed by atoms with Crippen molar-refractivity contribution in [3.05, 3.63) is 71.9 Å². The molecule has 2 heterocycles. The maximum atomic E-state index is 12.9. The lowest BCUT2D eigenvalue weighted by atomic mass is 10.1. The first-order valence-corrected chi connectivity index (χ1v) is 10.3. The summed E-state index contributed by atoms with van der Waals surface area (Å²) >= 11 is 0. The van der Waals surface area contributed by atoms with E-state index in [-0.39, 0.29) is 18.5 Å². The van der Waals surface area contributed by atoms with Crippen LogP contribution >= 0.6 is 0 Å². The van der Waals surface area contributed by atoms with E-state index in [4.69, 9.17) is 0 Å². The number of Topliss-reactive ketones (excluding diaryl/α,β-unsaturated/α-hetero) is 1. The second kappa shape index (κ2) is 8.53. The van der Waals surface area contributed by atoms with E-state index in [1.165, 1.54) is 0 Å². The number of ketones is 1. The topological polar surface area (TPSA) is 71.4 Å². The summed E-state index contributed by atoms with van der Waals surface area (Å²) in [6, 6.07) is 17.0. The summed E-state index contributed by atoms with van der Waals surface area (Å²) in [5.41, 5.74) is 2.14. The second-order valence-electron chi connectivity index (χ2n) is 7.72. The number of carbonyl (C=O) groups excluding carboxylic acids is 3. The molecular weight excluding hydrogens is 378 g/mol. The zero-order valence-electron chi connectivity index (χ0n) is 17.0. The molecule has 0 saturated carbocycles. The standard InChI is InChI=1S/C24H25N3O3/c1-17(18-9-3-2-4-10-18)25-22(28)16-27-15-20(19-11-5-6-12-21(19)27)23(29)24(30)26-13-7-8-14-26/h2-6,9-12,15,17H,7-8,13-14,16H2,1H3,(H,25,28)/t17-/m0/s1. The Balaban J connectivity index is 1.55. The largest absolute Gasteiger partial charge is 0.348 e. The molecule has 1 aliphatic rings. The van der Waals surface area contributed by atoms with E-state index >= 15 is 0 Å². The summed E-state index contributed by atoms with van der Waals surface area (Å²) in [6.07, 6.45) is 3.49. The second-order valence-corrected chi connectivity index (χ2v) is 7.72. The quantitative estimate of drug-likeness (QED) is 0.507. The highest BCUT2D eigenvalue weighted by molar-refractivity contribution is 6.44. The van der Waals surface area contributed by atoms with Crippen LogP contribution in [0.2, 0.25) is 0 Å². The van der Waals surface area contributed by atoms with Crippen molar-refractivity contribution in [1.82, 2.24) is 14.8 Å². The van der Waals surface area contributed by atoms with Crippen molar-refractivity contribution in [3.8, 4) is 0 Å². The van der Waals surface area contributed by atoms with Crippen LogP contribution in [0, 0.1) is 0 Å². The summed E-state index contributed by atoms with van der Waals surface area (Å²) in [5, 5.41) is 3.69. The van der Waals surface area contributed by atoms with E-state index < -0.39 is 11.7 Å². The van der Waals surface area contributed by atoms with Gasteiger partial charge in [-0.1, -0.05) is 48.5 Å². The fourth-order valence-electron chi connectivity index (χ4n) is 4.00. The minimum Gasteiger partial charge on any atom is -0.348 e. The number of carbonyl (C=O) groups is 3. The molecule has 4 rings (SSSR count). The molecule has 3 aromatic rings. The fourth-order valence-corrected chi connectivity index (χ4v) is 4.00. The number of nitrogens with one attached hydrogen (secondary N) is 1. The molecule has 30 heavy (non-hydrogen) atoms. The molecule has 1 saturated heterocycles. The van der Waals surface area contributed by atoms with Gasteiger partial charge in [-0.15, -0.1) is 0 Å². The molecule has 1 atom stereocenters. The van der Waals surface area contributed by atoms with Crippen LogP contribution in [0.5, 0.6) is 0 Å². The monoisotopic (exact) mass is 403 g/mol. The minimum atomic E-state index is -0.509. The van der Waals surface area contributed by atoms with Gasteiger partial charge in [-0.3, -0.25) is 14.4 Å². The number of para-hydroxylation sites is 1. The van der Waals surface area contributed by atoms with Crippen molar-refractivity contribution in [2.75, 3.05) is 13.1 Å². The van der Waals surface area contributed by atoms with E-state index in [9.17, 15) is 14.4 Å². The lowest BCUT2D eigenvalue weighted by molar-refractivity contribution is -0.125. The van der Waals surface area contributed by atoms with E-state index in [0.29, 0.717) is 24.0 Å². The third-order valence-corrected chi connectivity index (χ3v) is 5.61. The summed E-state index contributed by atoms with van der Waals surface area (Å²) in [5.74, 6) is -1.13. The third-order valence-electron chi connectivity index (χ3n) is 5.61. The number of amides is 2. The molecule has 6 nitrogen and oxygen atoms in total. The van der Waals surface area contributed by atoms with Crippen molar-refractivity contribution in [1.29, 1.82) is 0 Å². The summed E-state index contributed by atoms with van der Waals surface area (Å²) in [6.45, 7) is 3.26. The average molecular weight is 403 g/mol. The van der Waals surface area contributed by atoms with E-state index in [1.807, 2.05) is 61.5 Å². The number of likely N-dealkylation sites (tertiary alicyclic amines) is 1. The molecule has 2 aromatic carbocycles. The molecule has 154 valence electrons. The van der Waals surface area contributed by atoms with Gasteiger partial charge in [0.05, 0.1) is 11.6 Å². The van der Waals surface area contributed by atoms with Crippen LogP contribution in [0.15, 0.2) is 60.8 Å². The Kier molecular flexibility index (Phi) is 5.65. The summed E-state index contributed by atoms with van der Waals surface area (Å²) < 4.78 is 1.74. The summed E-state index contributed by atoms with van der Waals surface area (Å²) in [7, 11) is 0. The van der Waals surface area contributed by atoms with Crippen molar-refractivity contribution in [3.63, 3.8) is 0 Å². The smallest absolute Gasteiger partial charge is 0.295 e. The van der Waals surface area contributed by atoms with Gasteiger partial charge in [0.2, 0.25) is 5.91 Å². The highest BCUT2D eigenvalue weighted by Crippen LogP contribution is 2.23. The van der Waals surface area contributed by atoms with Crippen molar-refractivity contribution in [2.24, 2.45) is 0 Å². The minimum absolute atomic E-state index is 0.0723. The molecule has 1 N–H and O–H groups in total. The number of hydrogen-bond acceptors (Lipinski definition) is 3. The van der Waals surface area contributed by atoms with E-state index in [2.05, 4.69) is 5.32 Å². The molecule has 1 aromatic heterocycles. The Labute approximate surface area is 175 Å². The van der Waals surface area contributed by atoms with Gasteiger partial charge < -0.3 is 14.8 Å². The molecule has 2 amide bonds. The van der Waals surface area contributed by atoms with Gasteiger partial charge in [-0.05, 0) is 31.4 Å². The van der Waals surface area contributed by atoms with Gasteiger partial charge in [0, 0.05) is 30.2 Å². The van der Waals surface area contributed by atoms with Crippen LogP contribution in [0.1, 0.15) is 41.7 Å². The van der Waals surface area contributed by atoms with Gasteiger partial charge in [0.1, 0.15) is 6.54 Å². The molecule has 0 aliphatic carbocycles. The van der Waals surface area contributed by atoms with Crippen LogP contribution in [0.4, 0.5) is 0 Å². The molecule has 0 unspecified atom stereocenters. The van der Waals surface area contributed by atoms with Crippen molar-refractivity contribution in [2.45, 2.75) is 32.4 Å². The van der Waals surface area contributed by atoms with Gasteiger partial charge in [-0.25, -0.2) is 0 Å². The van der Waals surface area contributed by atoms with Crippen LogP contribution < -0.4 is 5.32 Å². The first-order valence-electron chi connectivity index (χ1n) is 10.3. The highest BCUT2D eigenvalue weighted by Gasteiger charge is 2.28. The van der Waals surface area contributed by atoms with Crippen LogP contribution in [-0.2, 0) is 16.1 Å². The molecular formula is C24H25N3O3. The molecule has 0 bridgehead atoms. The molecule has 0 radical (unpaired) electrons. The zero-order chi connectivity index (χ0) is 21.1. The molecule has 0 spiro atoms. The fraction of sp³-hybridized carbons (Fsp3) is 0.292. The Morgan fingerprint density at radius 2 is 1.63 bits per heavy atom. The van der Waals surface area contributed by atoms with Gasteiger partial charge >= 0.3 is 0 Å². The SMILES string of the molecule is C[C@H](NC(=O)Cn1cc(C(=O)C(=O)N2CCCC2)c2ccccc21)c1ccccc1. The zero-order valence-corrected chi connectivity index (χ0v) is 17.0. The lowest BCUT2D eigenvalue weighted by Gasteiger charge is -2.15. The van der Waals surface area contributed by atoms with Gasteiger partial charge in [0.25, 0.3) is 11.7 Å². The van der Waals surface area contributed by atoms with Crippen LogP contribution in [0.25, 0.3) is 10.9 Å². The third kappa shape index (κ3) is 3.99. The van der Waals surface area contributed by atoms with Crippen LogP contribution in [0.3, 0.4) is 0 Å². The van der Waals surface area contributed by atoms with Gasteiger partial charge in [-0.2, -0.15) is 0 Å². The number of nitrogens with zero attached hydrogens (tertiary/aromatic N) is 2. The first-order chi connectivity index (χ1) is 14.5. The number of fused-ring (bicyclic) bond motifs is 1. The normalized spacial score (nSPS) is 14.6. The molecule has 1 aliphatic heterocycles. The molecule has 6 heteroatoms. The lowest BCUT2D eigenvalue weighted by Crippen LogP contribution is -2.34. The first kappa shape index (κ1) is 19.9. The number of aromatic nitrogens is 1. The maximum Gasteiger partial charge on any atom is 0.295 e. The van der Waals surface area contributed by atoms with E-state index in [0.717, 1.165) is 23.9 Å². The van der Waals surface area contributed by atoms with Gasteiger partial charge in [0.15, 0.2) is 0 Å². The van der Waals surface area contributed by atoms with E-state index in [1.54, 1.807) is 15.7 Å². The number of hydrogen-bond donors (Lipinski definition) is 1. The summed E-state index contributed by atoms with van der Waals surface area (Å²) in [4.78, 5) is 39.8. The Morgan fingerprint density at radius 3 is 2.37 bits per heavy atom. The average Bonchev–Trinajstić information content (AvgIpc) is 3.42. The number of benzene rings is 2. The Morgan fingerprint density at radius 1 is 0.967 bits per heavy atom. The van der Waals surface area contributed by atoms with Crippen molar-refractivity contribution >= 4 is 28.5 Å². The maximum absolute atomic E-state index is 12.9. The highest BCUT2D eigenvalue weighted by atomic mass is 16.2. The Bertz CT molecular complexity index is 1080. The Hall–Kier alpha value is -3.41. The predicted molar refractivity (Wildman–Crippen MR) is 115 cm³/mol.